The van der Waals surface area contributed by atoms with Gasteiger partial charge in [-0.1, -0.05) is 24.3 Å². The average molecular weight is 307 g/mol. The number of halogens is 4. The maximum absolute atomic E-state index is 13.8. The molecule has 0 saturated carbocycles. The Labute approximate surface area is 122 Å². The van der Waals surface area contributed by atoms with Crippen molar-refractivity contribution in [1.29, 1.82) is 0 Å². The highest BCUT2D eigenvalue weighted by Gasteiger charge is 2.33. The maximum atomic E-state index is 13.8. The number of rotatable bonds is 1. The highest BCUT2D eigenvalue weighted by molar-refractivity contribution is 5.87. The first-order chi connectivity index (χ1) is 10.4. The standard InChI is InChI=1S/C16H9F4NO/c17-13-4-2-1-3-10(13)9-5-6-14-11(7-9)12(16(18,19)20)8-15(22)21-14/h1-8H,(H,21,22). The zero-order chi connectivity index (χ0) is 15.9. The van der Waals surface area contributed by atoms with Crippen LogP contribution in [0, 0.1) is 5.82 Å². The lowest BCUT2D eigenvalue weighted by atomic mass is 10.0. The normalized spacial score (nSPS) is 11.8. The van der Waals surface area contributed by atoms with Gasteiger partial charge in [0.25, 0.3) is 0 Å². The molecule has 1 N–H and O–H groups in total. The third kappa shape index (κ3) is 2.47. The van der Waals surface area contributed by atoms with Crippen molar-refractivity contribution in [3.63, 3.8) is 0 Å². The van der Waals surface area contributed by atoms with Gasteiger partial charge in [0.2, 0.25) is 5.56 Å². The Balaban J connectivity index is 2.32. The second-order valence-electron chi connectivity index (χ2n) is 4.79. The van der Waals surface area contributed by atoms with E-state index in [4.69, 9.17) is 0 Å². The van der Waals surface area contributed by atoms with Gasteiger partial charge in [-0.15, -0.1) is 0 Å². The van der Waals surface area contributed by atoms with E-state index < -0.39 is 23.1 Å². The SMILES string of the molecule is O=c1cc(C(F)(F)F)c2cc(-c3ccccc3F)ccc2[nH]1. The van der Waals surface area contributed by atoms with Crippen LogP contribution in [-0.2, 0) is 6.18 Å². The van der Waals surface area contributed by atoms with Crippen molar-refractivity contribution in [3.05, 3.63) is 70.3 Å². The molecule has 3 aromatic rings. The summed E-state index contributed by atoms with van der Waals surface area (Å²) in [5.41, 5.74) is -1.31. The minimum absolute atomic E-state index is 0.0555. The molecule has 0 amide bonds. The molecule has 1 aromatic heterocycles. The number of nitrogens with one attached hydrogen (secondary N) is 1. The van der Waals surface area contributed by atoms with Gasteiger partial charge in [-0.3, -0.25) is 4.79 Å². The van der Waals surface area contributed by atoms with Gasteiger partial charge in [-0.2, -0.15) is 13.2 Å². The van der Waals surface area contributed by atoms with E-state index in [0.29, 0.717) is 11.6 Å². The molecule has 0 radical (unpaired) electrons. The van der Waals surface area contributed by atoms with E-state index in [1.54, 1.807) is 6.07 Å². The molecule has 0 atom stereocenters. The molecule has 0 bridgehead atoms. The molecule has 6 heteroatoms. The fourth-order valence-corrected chi connectivity index (χ4v) is 2.35. The van der Waals surface area contributed by atoms with Crippen LogP contribution in [0.5, 0.6) is 0 Å². The fraction of sp³-hybridized carbons (Fsp3) is 0.0625. The second-order valence-corrected chi connectivity index (χ2v) is 4.79. The Kier molecular flexibility index (Phi) is 3.24. The van der Waals surface area contributed by atoms with Crippen molar-refractivity contribution < 1.29 is 17.6 Å². The summed E-state index contributed by atoms with van der Waals surface area (Å²) in [6.07, 6.45) is -4.67. The molecule has 22 heavy (non-hydrogen) atoms. The van der Waals surface area contributed by atoms with Gasteiger partial charge >= 0.3 is 6.18 Å². The molecule has 3 rings (SSSR count). The zero-order valence-electron chi connectivity index (χ0n) is 11.0. The number of hydrogen-bond acceptors (Lipinski definition) is 1. The summed E-state index contributed by atoms with van der Waals surface area (Å²) < 4.78 is 53.0. The number of H-pyrrole nitrogens is 1. The second kappa shape index (κ2) is 4.98. The van der Waals surface area contributed by atoms with E-state index in [2.05, 4.69) is 4.98 Å². The van der Waals surface area contributed by atoms with Crippen LogP contribution in [0.25, 0.3) is 22.0 Å². The lowest BCUT2D eigenvalue weighted by Gasteiger charge is -2.11. The summed E-state index contributed by atoms with van der Waals surface area (Å²) in [6, 6.07) is 10.4. The molecule has 0 aliphatic heterocycles. The average Bonchev–Trinajstić information content (AvgIpc) is 2.45. The molecule has 1 heterocycles. The monoisotopic (exact) mass is 307 g/mol. The first-order valence-electron chi connectivity index (χ1n) is 6.35. The quantitative estimate of drug-likeness (QED) is 0.666. The topological polar surface area (TPSA) is 32.9 Å². The van der Waals surface area contributed by atoms with Gasteiger partial charge in [-0.05, 0) is 23.8 Å². The third-order valence-corrected chi connectivity index (χ3v) is 3.33. The Morgan fingerprint density at radius 3 is 2.36 bits per heavy atom. The summed E-state index contributed by atoms with van der Waals surface area (Å²) >= 11 is 0. The summed E-state index contributed by atoms with van der Waals surface area (Å²) in [4.78, 5) is 13.7. The summed E-state index contributed by atoms with van der Waals surface area (Å²) in [5.74, 6) is -0.528. The number of pyridine rings is 1. The maximum Gasteiger partial charge on any atom is 0.417 e. The Hall–Kier alpha value is -2.63. The molecule has 0 unspecified atom stereocenters. The van der Waals surface area contributed by atoms with Crippen LogP contribution in [0.1, 0.15) is 5.56 Å². The van der Waals surface area contributed by atoms with Crippen molar-refractivity contribution in [2.24, 2.45) is 0 Å². The Morgan fingerprint density at radius 1 is 0.955 bits per heavy atom. The molecule has 0 aliphatic carbocycles. The van der Waals surface area contributed by atoms with Crippen molar-refractivity contribution in [3.8, 4) is 11.1 Å². The molecular formula is C16H9F4NO. The number of benzene rings is 2. The lowest BCUT2D eigenvalue weighted by molar-refractivity contribution is -0.136. The molecule has 2 aromatic carbocycles. The van der Waals surface area contributed by atoms with Crippen LogP contribution < -0.4 is 5.56 Å². The van der Waals surface area contributed by atoms with Crippen molar-refractivity contribution in [2.75, 3.05) is 0 Å². The van der Waals surface area contributed by atoms with Gasteiger partial charge in [0.1, 0.15) is 5.82 Å². The predicted molar refractivity (Wildman–Crippen MR) is 75.0 cm³/mol. The van der Waals surface area contributed by atoms with E-state index >= 15 is 0 Å². The van der Waals surface area contributed by atoms with Crippen LogP contribution in [0.15, 0.2) is 53.3 Å². The minimum Gasteiger partial charge on any atom is -0.322 e. The van der Waals surface area contributed by atoms with E-state index in [0.717, 1.165) is 0 Å². The number of hydrogen-bond donors (Lipinski definition) is 1. The molecule has 0 aliphatic rings. The fourth-order valence-electron chi connectivity index (χ4n) is 2.35. The van der Waals surface area contributed by atoms with Crippen molar-refractivity contribution >= 4 is 10.9 Å². The number of alkyl halides is 3. The molecule has 0 saturated heterocycles. The van der Waals surface area contributed by atoms with Crippen LogP contribution in [0.3, 0.4) is 0 Å². The molecule has 0 fully saturated rings. The van der Waals surface area contributed by atoms with E-state index in [-0.39, 0.29) is 16.5 Å². The van der Waals surface area contributed by atoms with Gasteiger partial charge < -0.3 is 4.98 Å². The zero-order valence-corrected chi connectivity index (χ0v) is 11.0. The highest BCUT2D eigenvalue weighted by Crippen LogP contribution is 2.35. The van der Waals surface area contributed by atoms with Gasteiger partial charge in [0.05, 0.1) is 5.56 Å². The largest absolute Gasteiger partial charge is 0.417 e. The number of aromatic nitrogens is 1. The Bertz CT molecular complexity index is 912. The van der Waals surface area contributed by atoms with Gasteiger partial charge in [-0.25, -0.2) is 4.39 Å². The Morgan fingerprint density at radius 2 is 1.68 bits per heavy atom. The highest BCUT2D eigenvalue weighted by atomic mass is 19.4. The first-order valence-corrected chi connectivity index (χ1v) is 6.35. The molecule has 0 spiro atoms. The first kappa shape index (κ1) is 14.3. The molecule has 112 valence electrons. The van der Waals surface area contributed by atoms with E-state index in [9.17, 15) is 22.4 Å². The predicted octanol–water partition coefficient (Wildman–Crippen LogP) is 4.35. The van der Waals surface area contributed by atoms with Crippen molar-refractivity contribution in [1.82, 2.24) is 4.98 Å². The number of aromatic amines is 1. The van der Waals surface area contributed by atoms with E-state index in [1.165, 1.54) is 36.4 Å². The van der Waals surface area contributed by atoms with Crippen molar-refractivity contribution in [2.45, 2.75) is 6.18 Å². The lowest BCUT2D eigenvalue weighted by Crippen LogP contribution is -2.13. The smallest absolute Gasteiger partial charge is 0.322 e. The summed E-state index contributed by atoms with van der Waals surface area (Å²) in [5, 5.41) is -0.173. The summed E-state index contributed by atoms with van der Waals surface area (Å²) in [6.45, 7) is 0. The number of fused-ring (bicyclic) bond motifs is 1. The minimum atomic E-state index is -4.67. The third-order valence-electron chi connectivity index (χ3n) is 3.33. The van der Waals surface area contributed by atoms with Crippen LogP contribution >= 0.6 is 0 Å². The van der Waals surface area contributed by atoms with Gasteiger partial charge in [0.15, 0.2) is 0 Å². The van der Waals surface area contributed by atoms with Crippen LogP contribution in [0.2, 0.25) is 0 Å². The van der Waals surface area contributed by atoms with Crippen LogP contribution in [-0.4, -0.2) is 4.98 Å². The van der Waals surface area contributed by atoms with Gasteiger partial charge in [0, 0.05) is 22.5 Å². The van der Waals surface area contributed by atoms with Crippen LogP contribution in [0.4, 0.5) is 17.6 Å². The molecule has 2 nitrogen and oxygen atoms in total. The molecular weight excluding hydrogens is 298 g/mol. The summed E-state index contributed by atoms with van der Waals surface area (Å²) in [7, 11) is 0. The van der Waals surface area contributed by atoms with E-state index in [1.807, 2.05) is 0 Å².